The molecule has 0 spiro atoms. The number of anilines is 1. The summed E-state index contributed by atoms with van der Waals surface area (Å²) in [7, 11) is 0. The van der Waals surface area contributed by atoms with Crippen LogP contribution in [-0.2, 0) is 13.1 Å². The third-order valence-corrected chi connectivity index (χ3v) is 3.41. The Hall–Kier alpha value is -1.42. The highest BCUT2D eigenvalue weighted by Gasteiger charge is 2.00. The topological polar surface area (TPSA) is 29.9 Å². The zero-order valence-electron chi connectivity index (χ0n) is 10.2. The Bertz CT molecular complexity index is 462. The zero-order chi connectivity index (χ0) is 12.1. The van der Waals surface area contributed by atoms with Gasteiger partial charge in [-0.2, -0.15) is 5.10 Å². The lowest BCUT2D eigenvalue weighted by Crippen LogP contribution is -2.07. The first-order valence-corrected chi connectivity index (χ1v) is 6.94. The molecule has 2 aromatic rings. The molecule has 0 saturated carbocycles. The second-order valence-electron chi connectivity index (χ2n) is 3.72. The Kier molecular flexibility index (Phi) is 4.09. The van der Waals surface area contributed by atoms with Gasteiger partial charge in [-0.05, 0) is 43.5 Å². The number of hydrogen-bond acceptors (Lipinski definition) is 3. The third kappa shape index (κ3) is 3.03. The normalized spacial score (nSPS) is 10.5. The molecule has 90 valence electrons. The van der Waals surface area contributed by atoms with Crippen LogP contribution in [0.1, 0.15) is 12.6 Å². The predicted molar refractivity (Wildman–Crippen MR) is 73.5 cm³/mol. The fraction of sp³-hybridized carbons (Fsp3) is 0.308. The molecule has 0 bridgehead atoms. The Balaban J connectivity index is 1.97. The van der Waals surface area contributed by atoms with E-state index in [4.69, 9.17) is 0 Å². The highest BCUT2D eigenvalue weighted by molar-refractivity contribution is 7.98. The molecule has 3 nitrogen and oxygen atoms in total. The first-order valence-electron chi connectivity index (χ1n) is 5.72. The molecule has 1 aromatic carbocycles. The van der Waals surface area contributed by atoms with Crippen LogP contribution in [0.25, 0.3) is 0 Å². The molecule has 4 heteroatoms. The van der Waals surface area contributed by atoms with Crippen molar-refractivity contribution in [3.63, 3.8) is 0 Å². The average molecular weight is 247 g/mol. The maximum atomic E-state index is 4.25. The summed E-state index contributed by atoms with van der Waals surface area (Å²) in [5, 5.41) is 7.65. The van der Waals surface area contributed by atoms with Gasteiger partial charge in [-0.1, -0.05) is 0 Å². The lowest BCUT2D eigenvalue weighted by molar-refractivity contribution is 0.627. The van der Waals surface area contributed by atoms with E-state index in [0.717, 1.165) is 18.8 Å². The van der Waals surface area contributed by atoms with E-state index in [2.05, 4.69) is 47.9 Å². The van der Waals surface area contributed by atoms with Crippen molar-refractivity contribution in [2.75, 3.05) is 11.6 Å². The number of thioether (sulfide) groups is 1. The van der Waals surface area contributed by atoms with Crippen molar-refractivity contribution in [1.82, 2.24) is 9.78 Å². The van der Waals surface area contributed by atoms with Crippen LogP contribution in [0.4, 0.5) is 5.69 Å². The minimum atomic E-state index is 0.812. The number of nitrogens with one attached hydrogen (secondary N) is 1. The van der Waals surface area contributed by atoms with Crippen LogP contribution in [0.15, 0.2) is 41.4 Å². The highest BCUT2D eigenvalue weighted by Crippen LogP contribution is 2.17. The highest BCUT2D eigenvalue weighted by atomic mass is 32.2. The van der Waals surface area contributed by atoms with Crippen LogP contribution < -0.4 is 5.32 Å². The van der Waals surface area contributed by atoms with Gasteiger partial charge in [0.25, 0.3) is 0 Å². The Labute approximate surface area is 106 Å². The van der Waals surface area contributed by atoms with E-state index in [1.807, 2.05) is 16.9 Å². The molecule has 0 unspecified atom stereocenters. The smallest absolute Gasteiger partial charge is 0.0575 e. The second-order valence-corrected chi connectivity index (χ2v) is 4.60. The SMILES string of the molecule is CCn1nccc1CNc1ccc(SC)cc1. The molecule has 0 aliphatic heterocycles. The molecule has 0 aliphatic rings. The number of aromatic nitrogens is 2. The van der Waals surface area contributed by atoms with E-state index < -0.39 is 0 Å². The Morgan fingerprint density at radius 1 is 1.24 bits per heavy atom. The molecular weight excluding hydrogens is 230 g/mol. The van der Waals surface area contributed by atoms with Gasteiger partial charge in [-0.25, -0.2) is 0 Å². The molecule has 1 aromatic heterocycles. The molecule has 1 heterocycles. The molecule has 1 N–H and O–H groups in total. The van der Waals surface area contributed by atoms with E-state index in [9.17, 15) is 0 Å². The van der Waals surface area contributed by atoms with Crippen LogP contribution in [0.3, 0.4) is 0 Å². The summed E-state index contributed by atoms with van der Waals surface area (Å²) in [5.41, 5.74) is 2.35. The zero-order valence-corrected chi connectivity index (χ0v) is 11.0. The van der Waals surface area contributed by atoms with Crippen molar-refractivity contribution in [2.45, 2.75) is 24.9 Å². The van der Waals surface area contributed by atoms with Crippen molar-refractivity contribution >= 4 is 17.4 Å². The summed E-state index contributed by atoms with van der Waals surface area (Å²) in [6.45, 7) is 3.83. The average Bonchev–Trinajstić information content (AvgIpc) is 2.84. The van der Waals surface area contributed by atoms with Gasteiger partial charge in [0.15, 0.2) is 0 Å². The van der Waals surface area contributed by atoms with Crippen LogP contribution in [0.5, 0.6) is 0 Å². The summed E-state index contributed by atoms with van der Waals surface area (Å²) in [6, 6.07) is 10.5. The van der Waals surface area contributed by atoms with E-state index in [1.165, 1.54) is 10.6 Å². The first kappa shape index (κ1) is 12.0. The molecule has 0 saturated heterocycles. The molecule has 0 atom stereocenters. The quantitative estimate of drug-likeness (QED) is 0.823. The molecule has 0 radical (unpaired) electrons. The standard InChI is InChI=1S/C13H17N3S/c1-3-16-12(8-9-15-16)10-14-11-4-6-13(17-2)7-5-11/h4-9,14H,3,10H2,1-2H3. The maximum Gasteiger partial charge on any atom is 0.0575 e. The summed E-state index contributed by atoms with van der Waals surface area (Å²) < 4.78 is 2.00. The number of hydrogen-bond donors (Lipinski definition) is 1. The summed E-state index contributed by atoms with van der Waals surface area (Å²) in [5.74, 6) is 0. The molecule has 17 heavy (non-hydrogen) atoms. The van der Waals surface area contributed by atoms with Crippen molar-refractivity contribution < 1.29 is 0 Å². The predicted octanol–water partition coefficient (Wildman–Crippen LogP) is 3.24. The van der Waals surface area contributed by atoms with Gasteiger partial charge in [0, 0.05) is 23.3 Å². The maximum absolute atomic E-state index is 4.25. The van der Waals surface area contributed by atoms with Crippen molar-refractivity contribution in [2.24, 2.45) is 0 Å². The van der Waals surface area contributed by atoms with Crippen LogP contribution in [0.2, 0.25) is 0 Å². The molecule has 2 rings (SSSR count). The van der Waals surface area contributed by atoms with E-state index in [-0.39, 0.29) is 0 Å². The van der Waals surface area contributed by atoms with Crippen molar-refractivity contribution in [1.29, 1.82) is 0 Å². The fourth-order valence-corrected chi connectivity index (χ4v) is 2.10. The van der Waals surface area contributed by atoms with Gasteiger partial charge in [-0.15, -0.1) is 11.8 Å². The van der Waals surface area contributed by atoms with Gasteiger partial charge in [-0.3, -0.25) is 4.68 Å². The van der Waals surface area contributed by atoms with Gasteiger partial charge < -0.3 is 5.32 Å². The minimum absolute atomic E-state index is 0.812. The van der Waals surface area contributed by atoms with Crippen LogP contribution in [0, 0.1) is 0 Å². The number of nitrogens with zero attached hydrogens (tertiary/aromatic N) is 2. The third-order valence-electron chi connectivity index (χ3n) is 2.67. The van der Waals surface area contributed by atoms with Crippen LogP contribution in [-0.4, -0.2) is 16.0 Å². The second kappa shape index (κ2) is 5.77. The summed E-state index contributed by atoms with van der Waals surface area (Å²) in [6.07, 6.45) is 3.93. The number of benzene rings is 1. The summed E-state index contributed by atoms with van der Waals surface area (Å²) in [4.78, 5) is 1.29. The first-order chi connectivity index (χ1) is 8.33. The minimum Gasteiger partial charge on any atom is -0.379 e. The van der Waals surface area contributed by atoms with E-state index >= 15 is 0 Å². The van der Waals surface area contributed by atoms with Crippen molar-refractivity contribution in [3.05, 3.63) is 42.2 Å². The van der Waals surface area contributed by atoms with Gasteiger partial charge in [0.1, 0.15) is 0 Å². The van der Waals surface area contributed by atoms with Gasteiger partial charge in [0.2, 0.25) is 0 Å². The van der Waals surface area contributed by atoms with Gasteiger partial charge >= 0.3 is 0 Å². The largest absolute Gasteiger partial charge is 0.379 e. The summed E-state index contributed by atoms with van der Waals surface area (Å²) >= 11 is 1.76. The lowest BCUT2D eigenvalue weighted by atomic mass is 10.3. The molecular formula is C13H17N3S. The van der Waals surface area contributed by atoms with Gasteiger partial charge in [0.05, 0.1) is 12.2 Å². The molecule has 0 aliphatic carbocycles. The lowest BCUT2D eigenvalue weighted by Gasteiger charge is -2.08. The molecule has 0 fully saturated rings. The molecule has 0 amide bonds. The Morgan fingerprint density at radius 2 is 2.00 bits per heavy atom. The van der Waals surface area contributed by atoms with E-state index in [1.54, 1.807) is 11.8 Å². The monoisotopic (exact) mass is 247 g/mol. The number of rotatable bonds is 5. The Morgan fingerprint density at radius 3 is 2.65 bits per heavy atom. The van der Waals surface area contributed by atoms with Crippen molar-refractivity contribution in [3.8, 4) is 0 Å². The number of aryl methyl sites for hydroxylation is 1. The fourth-order valence-electron chi connectivity index (χ4n) is 1.70. The van der Waals surface area contributed by atoms with E-state index in [0.29, 0.717) is 0 Å². The van der Waals surface area contributed by atoms with Crippen LogP contribution >= 0.6 is 11.8 Å².